The number of hydrogen-bond acceptors (Lipinski definition) is 3. The van der Waals surface area contributed by atoms with Crippen LogP contribution < -0.4 is 15.4 Å². The summed E-state index contributed by atoms with van der Waals surface area (Å²) in [7, 11) is 1.51. The zero-order valence-electron chi connectivity index (χ0n) is 13.2. The molecule has 1 aliphatic carbocycles. The molecule has 1 saturated carbocycles. The van der Waals surface area contributed by atoms with Crippen molar-refractivity contribution >= 4 is 17.3 Å². The number of nitrogens with one attached hydrogen (secondary N) is 2. The minimum absolute atomic E-state index is 0.268. The molecule has 126 valence electrons. The maximum absolute atomic E-state index is 14.4. The van der Waals surface area contributed by atoms with Gasteiger partial charge in [-0.1, -0.05) is 25.7 Å². The van der Waals surface area contributed by atoms with E-state index in [2.05, 4.69) is 10.6 Å². The van der Waals surface area contributed by atoms with E-state index in [4.69, 9.17) is 4.74 Å². The lowest BCUT2D eigenvalue weighted by atomic mass is 9.99. The molecule has 0 saturated heterocycles. The summed E-state index contributed by atoms with van der Waals surface area (Å²) in [4.78, 5) is 12.1. The molecule has 0 spiro atoms. The van der Waals surface area contributed by atoms with Crippen LogP contribution in [0.25, 0.3) is 0 Å². The summed E-state index contributed by atoms with van der Waals surface area (Å²) in [6, 6.07) is 3.41. The van der Waals surface area contributed by atoms with Gasteiger partial charge in [0.1, 0.15) is 5.75 Å². The molecule has 1 fully saturated rings. The van der Waals surface area contributed by atoms with E-state index in [1.165, 1.54) is 20.0 Å². The number of fused-ring (bicyclic) bond motifs is 1. The number of ether oxygens (including phenoxy) is 1. The number of anilines is 2. The molecule has 1 atom stereocenters. The van der Waals surface area contributed by atoms with Crippen molar-refractivity contribution in [3.05, 3.63) is 18.2 Å². The van der Waals surface area contributed by atoms with Crippen molar-refractivity contribution in [2.75, 3.05) is 17.7 Å². The van der Waals surface area contributed by atoms with Crippen LogP contribution in [0.1, 0.15) is 38.5 Å². The van der Waals surface area contributed by atoms with Gasteiger partial charge in [-0.25, -0.2) is 8.78 Å². The highest BCUT2D eigenvalue weighted by Gasteiger charge is 2.46. The molecule has 1 aromatic carbocycles. The lowest BCUT2D eigenvalue weighted by Crippen LogP contribution is -2.51. The van der Waals surface area contributed by atoms with Crippen molar-refractivity contribution in [3.63, 3.8) is 0 Å². The van der Waals surface area contributed by atoms with Gasteiger partial charge in [0.15, 0.2) is 6.04 Å². The zero-order valence-corrected chi connectivity index (χ0v) is 13.2. The molecule has 1 unspecified atom stereocenters. The highest BCUT2D eigenvalue weighted by atomic mass is 19.3. The van der Waals surface area contributed by atoms with Gasteiger partial charge in [-0.3, -0.25) is 4.79 Å². The summed E-state index contributed by atoms with van der Waals surface area (Å²) in [6.07, 6.45) is 4.50. The van der Waals surface area contributed by atoms with Gasteiger partial charge >= 0.3 is 0 Å². The van der Waals surface area contributed by atoms with Crippen LogP contribution in [-0.4, -0.2) is 25.0 Å². The molecule has 1 amide bonds. The van der Waals surface area contributed by atoms with E-state index in [9.17, 15) is 13.6 Å². The molecule has 1 aromatic rings. The van der Waals surface area contributed by atoms with Crippen LogP contribution in [0.15, 0.2) is 18.2 Å². The van der Waals surface area contributed by atoms with Crippen LogP contribution in [0.3, 0.4) is 0 Å². The number of rotatable bonds is 7. The fraction of sp³-hybridized carbons (Fsp3) is 0.588. The van der Waals surface area contributed by atoms with Crippen LogP contribution in [0.5, 0.6) is 5.75 Å². The molecular weight excluding hydrogens is 302 g/mol. The monoisotopic (exact) mass is 324 g/mol. The minimum Gasteiger partial charge on any atom is -0.497 e. The van der Waals surface area contributed by atoms with Crippen LogP contribution in [-0.2, 0) is 4.79 Å². The second kappa shape index (κ2) is 6.34. The maximum Gasteiger partial charge on any atom is 0.276 e. The van der Waals surface area contributed by atoms with Crippen molar-refractivity contribution in [2.45, 2.75) is 50.5 Å². The number of methoxy groups -OCH3 is 1. The highest BCUT2D eigenvalue weighted by Crippen LogP contribution is 2.38. The first kappa shape index (κ1) is 16.0. The Balaban J connectivity index is 1.62. The van der Waals surface area contributed by atoms with Gasteiger partial charge < -0.3 is 15.4 Å². The van der Waals surface area contributed by atoms with Crippen molar-refractivity contribution in [3.8, 4) is 5.75 Å². The number of benzene rings is 1. The Labute approximate surface area is 134 Å². The summed E-state index contributed by atoms with van der Waals surface area (Å²) in [5.41, 5.74) is 0.961. The first-order valence-corrected chi connectivity index (χ1v) is 8.13. The Bertz CT molecular complexity index is 588. The predicted octanol–water partition coefficient (Wildman–Crippen LogP) is 4.03. The van der Waals surface area contributed by atoms with Crippen molar-refractivity contribution in [2.24, 2.45) is 5.92 Å². The molecule has 6 heteroatoms. The van der Waals surface area contributed by atoms with Gasteiger partial charge in [0.2, 0.25) is 0 Å². The summed E-state index contributed by atoms with van der Waals surface area (Å²) in [5, 5.41) is 5.23. The zero-order chi connectivity index (χ0) is 16.4. The Morgan fingerprint density at radius 3 is 2.74 bits per heavy atom. The minimum atomic E-state index is -3.06. The van der Waals surface area contributed by atoms with Gasteiger partial charge in [0.05, 0.1) is 18.5 Å². The van der Waals surface area contributed by atoms with Crippen LogP contribution in [0.4, 0.5) is 20.2 Å². The number of carbonyl (C=O) groups excluding carboxylic acids is 1. The number of amides is 1. The molecule has 2 N–H and O–H groups in total. The van der Waals surface area contributed by atoms with Gasteiger partial charge in [0, 0.05) is 12.5 Å². The third-order valence-corrected chi connectivity index (χ3v) is 4.54. The number of unbranched alkanes of at least 4 members (excludes halogenated alkanes) is 1. The average molecular weight is 324 g/mol. The lowest BCUT2D eigenvalue weighted by Gasteiger charge is -2.32. The van der Waals surface area contributed by atoms with E-state index < -0.39 is 17.9 Å². The van der Waals surface area contributed by atoms with Gasteiger partial charge in [-0.15, -0.1) is 0 Å². The lowest BCUT2D eigenvalue weighted by molar-refractivity contribution is -0.126. The maximum atomic E-state index is 14.4. The summed E-state index contributed by atoms with van der Waals surface area (Å²) >= 11 is 0. The summed E-state index contributed by atoms with van der Waals surface area (Å²) in [5.74, 6) is -2.44. The Morgan fingerprint density at radius 1 is 1.26 bits per heavy atom. The van der Waals surface area contributed by atoms with E-state index in [0.29, 0.717) is 23.5 Å². The van der Waals surface area contributed by atoms with E-state index >= 15 is 0 Å². The molecule has 1 aliphatic heterocycles. The molecular formula is C17H22F2N2O2. The smallest absolute Gasteiger partial charge is 0.276 e. The third kappa shape index (κ3) is 3.74. The largest absolute Gasteiger partial charge is 0.497 e. The molecule has 0 radical (unpaired) electrons. The molecule has 2 aliphatic rings. The van der Waals surface area contributed by atoms with E-state index in [-0.39, 0.29) is 6.42 Å². The number of halogens is 2. The van der Waals surface area contributed by atoms with Crippen LogP contribution in [0.2, 0.25) is 0 Å². The predicted molar refractivity (Wildman–Crippen MR) is 85.2 cm³/mol. The quantitative estimate of drug-likeness (QED) is 0.745. The molecule has 4 nitrogen and oxygen atoms in total. The number of alkyl halides is 2. The number of hydrogen-bond donors (Lipinski definition) is 2. The standard InChI is InChI=1S/C17H22F2N2O2/c1-23-12-7-8-13-14(10-12)21-16(22)15(20-13)17(18,19)9-3-2-4-11-5-6-11/h7-8,10-11,15,20H,2-6,9H2,1H3,(H,21,22). The SMILES string of the molecule is COc1ccc2c(c1)NC(=O)C(C(F)(F)CCCCC1CC1)N2. The molecule has 0 bridgehead atoms. The normalized spacial score (nSPS) is 20.5. The van der Waals surface area contributed by atoms with Crippen molar-refractivity contribution in [1.82, 2.24) is 0 Å². The topological polar surface area (TPSA) is 50.4 Å². The Hall–Kier alpha value is -1.85. The van der Waals surface area contributed by atoms with Gasteiger partial charge in [0.25, 0.3) is 11.8 Å². The van der Waals surface area contributed by atoms with E-state index in [1.54, 1.807) is 18.2 Å². The van der Waals surface area contributed by atoms with Gasteiger partial charge in [-0.05, 0) is 24.5 Å². The fourth-order valence-electron chi connectivity index (χ4n) is 2.95. The second-order valence-electron chi connectivity index (χ2n) is 6.43. The molecule has 3 rings (SSSR count). The highest BCUT2D eigenvalue weighted by molar-refractivity contribution is 6.03. The van der Waals surface area contributed by atoms with Crippen molar-refractivity contribution < 1.29 is 18.3 Å². The van der Waals surface area contributed by atoms with Crippen LogP contribution in [0, 0.1) is 5.92 Å². The number of carbonyl (C=O) groups is 1. The summed E-state index contributed by atoms with van der Waals surface area (Å²) in [6.45, 7) is 0. The summed E-state index contributed by atoms with van der Waals surface area (Å²) < 4.78 is 33.9. The first-order valence-electron chi connectivity index (χ1n) is 8.13. The molecule has 1 heterocycles. The third-order valence-electron chi connectivity index (χ3n) is 4.54. The Morgan fingerprint density at radius 2 is 2.04 bits per heavy atom. The van der Waals surface area contributed by atoms with Crippen LogP contribution >= 0.6 is 0 Å². The first-order chi connectivity index (χ1) is 11.0. The second-order valence-corrected chi connectivity index (χ2v) is 6.43. The van der Waals surface area contributed by atoms with E-state index in [0.717, 1.165) is 18.8 Å². The van der Waals surface area contributed by atoms with Gasteiger partial charge in [-0.2, -0.15) is 0 Å². The average Bonchev–Trinajstić information content (AvgIpc) is 3.34. The van der Waals surface area contributed by atoms with Crippen molar-refractivity contribution in [1.29, 1.82) is 0 Å². The Kier molecular flexibility index (Phi) is 4.41. The molecule has 23 heavy (non-hydrogen) atoms. The molecule has 0 aromatic heterocycles. The van der Waals surface area contributed by atoms with E-state index in [1.807, 2.05) is 0 Å². The fourth-order valence-corrected chi connectivity index (χ4v) is 2.95.